The predicted molar refractivity (Wildman–Crippen MR) is 113 cm³/mol. The van der Waals surface area contributed by atoms with E-state index in [9.17, 15) is 9.59 Å². The van der Waals surface area contributed by atoms with Crippen molar-refractivity contribution in [3.05, 3.63) is 53.2 Å². The summed E-state index contributed by atoms with van der Waals surface area (Å²) < 4.78 is 0. The summed E-state index contributed by atoms with van der Waals surface area (Å²) in [5.74, 6) is 0.556. The van der Waals surface area contributed by atoms with Gasteiger partial charge in [0.2, 0.25) is 5.91 Å². The molecule has 0 saturated carbocycles. The molecule has 7 heteroatoms. The van der Waals surface area contributed by atoms with Gasteiger partial charge in [0.05, 0.1) is 12.6 Å². The Labute approximate surface area is 171 Å². The lowest BCUT2D eigenvalue weighted by atomic mass is 9.82. The molecule has 3 atom stereocenters. The van der Waals surface area contributed by atoms with Gasteiger partial charge in [0.25, 0.3) is 5.91 Å². The molecule has 3 N–H and O–H groups in total. The highest BCUT2D eigenvalue weighted by Crippen LogP contribution is 2.42. The third-order valence-electron chi connectivity index (χ3n) is 5.51. The normalized spacial score (nSPS) is 20.7. The molecule has 0 bridgehead atoms. The van der Waals surface area contributed by atoms with Gasteiger partial charge in [-0.15, -0.1) is 0 Å². The summed E-state index contributed by atoms with van der Waals surface area (Å²) in [5, 5.41) is 15.2. The number of fused-ring (bicyclic) bond motifs is 1. The zero-order chi connectivity index (χ0) is 21.1. The van der Waals surface area contributed by atoms with Crippen molar-refractivity contribution < 1.29 is 14.7 Å². The lowest BCUT2D eigenvalue weighted by Gasteiger charge is -2.44. The number of pyridine rings is 1. The first kappa shape index (κ1) is 20.8. The Bertz CT molecular complexity index is 915. The van der Waals surface area contributed by atoms with E-state index in [4.69, 9.17) is 5.11 Å². The summed E-state index contributed by atoms with van der Waals surface area (Å²) in [7, 11) is 0. The van der Waals surface area contributed by atoms with E-state index in [1.54, 1.807) is 17.9 Å². The van der Waals surface area contributed by atoms with E-state index in [1.807, 2.05) is 44.2 Å². The molecule has 0 radical (unpaired) electrons. The van der Waals surface area contributed by atoms with Gasteiger partial charge in [-0.3, -0.25) is 9.59 Å². The molecule has 3 rings (SSSR count). The molecule has 1 aromatic carbocycles. The van der Waals surface area contributed by atoms with Crippen LogP contribution < -0.4 is 15.5 Å². The number of nitrogens with zero attached hydrogens (tertiary/aromatic N) is 2. The maximum Gasteiger partial charge on any atom is 0.251 e. The molecule has 154 valence electrons. The first-order valence-electron chi connectivity index (χ1n) is 9.86. The van der Waals surface area contributed by atoms with Gasteiger partial charge >= 0.3 is 0 Å². The van der Waals surface area contributed by atoms with Crippen LogP contribution in [0.1, 0.15) is 48.4 Å². The summed E-state index contributed by atoms with van der Waals surface area (Å²) >= 11 is 0. The fourth-order valence-corrected chi connectivity index (χ4v) is 3.90. The number of anilines is 2. The predicted octanol–water partition coefficient (Wildman–Crippen LogP) is 2.66. The number of carbonyl (C=O) groups excluding carboxylic acids is 2. The topological polar surface area (TPSA) is 94.6 Å². The second-order valence-electron chi connectivity index (χ2n) is 7.53. The number of nitrogens with one attached hydrogen (secondary N) is 2. The number of aromatic nitrogens is 1. The molecule has 2 amide bonds. The fourth-order valence-electron chi connectivity index (χ4n) is 3.90. The monoisotopic (exact) mass is 396 g/mol. The van der Waals surface area contributed by atoms with Crippen molar-refractivity contribution in [3.63, 3.8) is 0 Å². The highest BCUT2D eigenvalue weighted by molar-refractivity contribution is 5.98. The molecule has 7 nitrogen and oxygen atoms in total. The van der Waals surface area contributed by atoms with Crippen molar-refractivity contribution in [1.29, 1.82) is 0 Å². The quantitative estimate of drug-likeness (QED) is 0.722. The standard InChI is InChI=1S/C22H28N4O3/c1-13-6-5-7-20(24-13)25-21-14(2)15(3)26(16(4)28)19-9-8-17(12-18(19)21)22(29)23-10-11-27/h5-9,12,14-15,21,27H,10-11H2,1-4H3,(H,23,29)(H,24,25). The van der Waals surface area contributed by atoms with E-state index in [0.717, 1.165) is 22.8 Å². The number of benzene rings is 1. The van der Waals surface area contributed by atoms with Crippen molar-refractivity contribution in [2.45, 2.75) is 39.8 Å². The second-order valence-corrected chi connectivity index (χ2v) is 7.53. The van der Waals surface area contributed by atoms with E-state index in [0.29, 0.717) is 5.56 Å². The number of aliphatic hydroxyl groups is 1. The van der Waals surface area contributed by atoms with Crippen LogP contribution in [0.3, 0.4) is 0 Å². The molecule has 2 aromatic rings. The minimum absolute atomic E-state index is 0.0172. The Morgan fingerprint density at radius 2 is 1.97 bits per heavy atom. The molecule has 0 spiro atoms. The van der Waals surface area contributed by atoms with Crippen molar-refractivity contribution in [3.8, 4) is 0 Å². The maximum atomic E-state index is 12.4. The highest BCUT2D eigenvalue weighted by Gasteiger charge is 2.38. The lowest BCUT2D eigenvalue weighted by molar-refractivity contribution is -0.117. The van der Waals surface area contributed by atoms with E-state index >= 15 is 0 Å². The van der Waals surface area contributed by atoms with Crippen molar-refractivity contribution >= 4 is 23.3 Å². The van der Waals surface area contributed by atoms with Crippen LogP contribution in [0.2, 0.25) is 0 Å². The van der Waals surface area contributed by atoms with Gasteiger partial charge in [-0.1, -0.05) is 13.0 Å². The Morgan fingerprint density at radius 3 is 2.62 bits per heavy atom. The maximum absolute atomic E-state index is 12.4. The van der Waals surface area contributed by atoms with Gasteiger partial charge in [0, 0.05) is 42.4 Å². The van der Waals surface area contributed by atoms with Gasteiger partial charge in [-0.25, -0.2) is 4.98 Å². The first-order valence-corrected chi connectivity index (χ1v) is 9.86. The number of hydrogen-bond donors (Lipinski definition) is 3. The third-order valence-corrected chi connectivity index (χ3v) is 5.51. The zero-order valence-electron chi connectivity index (χ0n) is 17.3. The number of aryl methyl sites for hydroxylation is 1. The molecule has 1 aliphatic rings. The van der Waals surface area contributed by atoms with Crippen LogP contribution in [-0.4, -0.2) is 41.1 Å². The van der Waals surface area contributed by atoms with E-state index in [2.05, 4.69) is 22.5 Å². The largest absolute Gasteiger partial charge is 0.395 e. The molecular formula is C22H28N4O3. The van der Waals surface area contributed by atoms with Gasteiger partial charge in [-0.05, 0) is 49.7 Å². The number of rotatable bonds is 5. The second kappa shape index (κ2) is 8.61. The molecule has 0 saturated heterocycles. The Hall–Kier alpha value is -2.93. The van der Waals surface area contributed by atoms with Gasteiger partial charge in [0.1, 0.15) is 5.82 Å². The van der Waals surface area contributed by atoms with E-state index < -0.39 is 0 Å². The average Bonchev–Trinajstić information content (AvgIpc) is 2.69. The summed E-state index contributed by atoms with van der Waals surface area (Å²) in [6, 6.07) is 11.0. The SMILES string of the molecule is CC(=O)N1c2ccc(C(=O)NCCO)cc2C(Nc2cccc(C)n2)C(C)C1C. The molecular weight excluding hydrogens is 368 g/mol. The lowest BCUT2D eigenvalue weighted by Crippen LogP contribution is -2.48. The summed E-state index contributed by atoms with van der Waals surface area (Å²) in [4.78, 5) is 31.1. The Morgan fingerprint density at radius 1 is 1.21 bits per heavy atom. The van der Waals surface area contributed by atoms with Crippen LogP contribution in [0, 0.1) is 12.8 Å². The first-order chi connectivity index (χ1) is 13.8. The molecule has 2 heterocycles. The Kier molecular flexibility index (Phi) is 6.17. The third kappa shape index (κ3) is 4.24. The number of carbonyl (C=O) groups is 2. The minimum atomic E-state index is -0.255. The van der Waals surface area contributed by atoms with Gasteiger partial charge in [0.15, 0.2) is 0 Å². The highest BCUT2D eigenvalue weighted by atomic mass is 16.3. The van der Waals surface area contributed by atoms with Crippen LogP contribution in [-0.2, 0) is 4.79 Å². The fraction of sp³-hybridized carbons (Fsp3) is 0.409. The summed E-state index contributed by atoms with van der Waals surface area (Å²) in [6.07, 6.45) is 0. The number of amides is 2. The van der Waals surface area contributed by atoms with E-state index in [1.165, 1.54) is 0 Å². The van der Waals surface area contributed by atoms with Crippen molar-refractivity contribution in [2.24, 2.45) is 5.92 Å². The van der Waals surface area contributed by atoms with Crippen molar-refractivity contribution in [2.75, 3.05) is 23.4 Å². The van der Waals surface area contributed by atoms with Gasteiger partial charge in [-0.2, -0.15) is 0 Å². The molecule has 0 fully saturated rings. The summed E-state index contributed by atoms with van der Waals surface area (Å²) in [5.41, 5.74) is 3.08. The van der Waals surface area contributed by atoms with Crippen LogP contribution in [0.4, 0.5) is 11.5 Å². The van der Waals surface area contributed by atoms with Crippen LogP contribution in [0.25, 0.3) is 0 Å². The molecule has 29 heavy (non-hydrogen) atoms. The molecule has 1 aromatic heterocycles. The minimum Gasteiger partial charge on any atom is -0.395 e. The molecule has 3 unspecified atom stereocenters. The van der Waals surface area contributed by atoms with Crippen molar-refractivity contribution in [1.82, 2.24) is 10.3 Å². The van der Waals surface area contributed by atoms with Crippen LogP contribution >= 0.6 is 0 Å². The average molecular weight is 396 g/mol. The van der Waals surface area contributed by atoms with Crippen LogP contribution in [0.15, 0.2) is 36.4 Å². The summed E-state index contributed by atoms with van der Waals surface area (Å²) in [6.45, 7) is 7.70. The number of hydrogen-bond acceptors (Lipinski definition) is 5. The number of aliphatic hydroxyl groups excluding tert-OH is 1. The zero-order valence-corrected chi connectivity index (χ0v) is 17.3. The molecule has 1 aliphatic heterocycles. The van der Waals surface area contributed by atoms with E-state index in [-0.39, 0.29) is 43.0 Å². The smallest absolute Gasteiger partial charge is 0.251 e. The van der Waals surface area contributed by atoms with Gasteiger partial charge < -0.3 is 20.6 Å². The Balaban J connectivity index is 2.05. The van der Waals surface area contributed by atoms with Crippen LogP contribution in [0.5, 0.6) is 0 Å². The molecule has 0 aliphatic carbocycles.